The predicted molar refractivity (Wildman–Crippen MR) is 172 cm³/mol. The number of nitrogens with one attached hydrogen (secondary N) is 1. The van der Waals surface area contributed by atoms with Crippen molar-refractivity contribution in [3.05, 3.63) is 100 Å². The maximum atomic E-state index is 14.3. The second-order valence-electron chi connectivity index (χ2n) is 11.0. The Morgan fingerprint density at radius 2 is 1.60 bits per heavy atom. The lowest BCUT2D eigenvalue weighted by molar-refractivity contribution is -0.140. The summed E-state index contributed by atoms with van der Waals surface area (Å²) in [5.41, 5.74) is 3.06. The van der Waals surface area contributed by atoms with Gasteiger partial charge in [0.1, 0.15) is 12.6 Å². The molecule has 1 saturated carbocycles. The molecule has 3 aromatic rings. The van der Waals surface area contributed by atoms with Crippen LogP contribution in [0.5, 0.6) is 0 Å². The Hall–Kier alpha value is -3.17. The molecule has 9 heteroatoms. The number of hydrogen-bond acceptors (Lipinski definition) is 4. The van der Waals surface area contributed by atoms with E-state index >= 15 is 0 Å². The first-order chi connectivity index (χ1) is 20.2. The summed E-state index contributed by atoms with van der Waals surface area (Å²) in [7, 11) is -3.81. The number of rotatable bonds is 12. The maximum absolute atomic E-state index is 14.3. The zero-order valence-electron chi connectivity index (χ0n) is 24.3. The number of hydrogen-bond donors (Lipinski definition) is 1. The topological polar surface area (TPSA) is 86.8 Å². The van der Waals surface area contributed by atoms with Gasteiger partial charge in [0.15, 0.2) is 0 Å². The lowest BCUT2D eigenvalue weighted by Crippen LogP contribution is -2.55. The summed E-state index contributed by atoms with van der Waals surface area (Å²) in [6.07, 6.45) is 7.15. The van der Waals surface area contributed by atoms with E-state index in [9.17, 15) is 18.0 Å². The summed E-state index contributed by atoms with van der Waals surface area (Å²) < 4.78 is 28.2. The number of aryl methyl sites for hydroxylation is 1. The zero-order chi connectivity index (χ0) is 30.1. The molecule has 7 nitrogen and oxygen atoms in total. The van der Waals surface area contributed by atoms with Gasteiger partial charge in [0.2, 0.25) is 21.8 Å². The first-order valence-electron chi connectivity index (χ1n) is 14.6. The van der Waals surface area contributed by atoms with E-state index in [4.69, 9.17) is 0 Å². The Kier molecular flexibility index (Phi) is 11.2. The van der Waals surface area contributed by atoms with Crippen molar-refractivity contribution in [1.82, 2.24) is 10.2 Å². The Morgan fingerprint density at radius 1 is 0.929 bits per heavy atom. The fourth-order valence-corrected chi connectivity index (χ4v) is 6.91. The summed E-state index contributed by atoms with van der Waals surface area (Å²) in [5, 5.41) is 3.23. The number of nitrogens with zero attached hydrogens (tertiary/aromatic N) is 2. The highest BCUT2D eigenvalue weighted by molar-refractivity contribution is 9.10. The number of carbonyl (C=O) groups excluding carboxylic acids is 2. The molecular formula is C33H40BrN3O4S. The van der Waals surface area contributed by atoms with Crippen LogP contribution in [0.3, 0.4) is 0 Å². The molecule has 0 bridgehead atoms. The number of benzene rings is 3. The zero-order valence-corrected chi connectivity index (χ0v) is 26.7. The lowest BCUT2D eigenvalue weighted by atomic mass is 9.94. The molecule has 0 spiro atoms. The van der Waals surface area contributed by atoms with Crippen molar-refractivity contribution in [3.63, 3.8) is 0 Å². The summed E-state index contributed by atoms with van der Waals surface area (Å²) in [6.45, 7) is 1.69. The van der Waals surface area contributed by atoms with Gasteiger partial charge in [-0.3, -0.25) is 13.9 Å². The second kappa shape index (κ2) is 14.8. The van der Waals surface area contributed by atoms with Gasteiger partial charge in [-0.15, -0.1) is 0 Å². The van der Waals surface area contributed by atoms with Gasteiger partial charge < -0.3 is 10.2 Å². The smallest absolute Gasteiger partial charge is 0.244 e. The SMILES string of the molecule is CCc1ccccc1N(CC(=O)N(Cc1cccc(Br)c1)[C@@H](Cc1ccccc1)C(=O)NC1CCCCC1)S(C)(=O)=O. The second-order valence-corrected chi connectivity index (χ2v) is 13.8. The normalized spacial score (nSPS) is 14.6. The van der Waals surface area contributed by atoms with Crippen LogP contribution < -0.4 is 9.62 Å². The van der Waals surface area contributed by atoms with Crippen molar-refractivity contribution in [2.75, 3.05) is 17.1 Å². The number of anilines is 1. The van der Waals surface area contributed by atoms with Crippen LogP contribution in [0.1, 0.15) is 55.7 Å². The number of halogens is 1. The predicted octanol–water partition coefficient (Wildman–Crippen LogP) is 5.87. The molecule has 1 aliphatic rings. The van der Waals surface area contributed by atoms with Crippen LogP contribution in [0.25, 0.3) is 0 Å². The summed E-state index contributed by atoms with van der Waals surface area (Å²) >= 11 is 3.52. The molecule has 0 unspecified atom stereocenters. The number of amides is 2. The number of carbonyl (C=O) groups is 2. The van der Waals surface area contributed by atoms with E-state index < -0.39 is 28.5 Å². The number of sulfonamides is 1. The average molecular weight is 655 g/mol. The largest absolute Gasteiger partial charge is 0.352 e. The third kappa shape index (κ3) is 8.67. The quantitative estimate of drug-likeness (QED) is 0.265. The van der Waals surface area contributed by atoms with Gasteiger partial charge in [0.25, 0.3) is 0 Å². The summed E-state index contributed by atoms with van der Waals surface area (Å²) in [6, 6.07) is 23.7. The third-order valence-corrected chi connectivity index (χ3v) is 9.40. The highest BCUT2D eigenvalue weighted by Gasteiger charge is 2.34. The van der Waals surface area contributed by atoms with Crippen molar-refractivity contribution in [2.24, 2.45) is 0 Å². The molecule has 1 fully saturated rings. The van der Waals surface area contributed by atoms with Crippen LogP contribution in [0.15, 0.2) is 83.3 Å². The molecule has 1 aliphatic carbocycles. The first kappa shape index (κ1) is 31.8. The van der Waals surface area contributed by atoms with Crippen molar-refractivity contribution >= 4 is 43.5 Å². The van der Waals surface area contributed by atoms with E-state index in [0.717, 1.165) is 59.5 Å². The minimum absolute atomic E-state index is 0.0660. The fourth-order valence-electron chi connectivity index (χ4n) is 5.58. The number of para-hydroxylation sites is 1. The highest BCUT2D eigenvalue weighted by atomic mass is 79.9. The van der Waals surface area contributed by atoms with Gasteiger partial charge >= 0.3 is 0 Å². The highest BCUT2D eigenvalue weighted by Crippen LogP contribution is 2.25. The Labute approximate surface area is 258 Å². The minimum Gasteiger partial charge on any atom is -0.352 e. The fraction of sp³-hybridized carbons (Fsp3) is 0.394. The Morgan fingerprint density at radius 3 is 2.26 bits per heavy atom. The molecule has 2 amide bonds. The van der Waals surface area contributed by atoms with Gasteiger partial charge in [-0.2, -0.15) is 0 Å². The van der Waals surface area contributed by atoms with Crippen LogP contribution >= 0.6 is 15.9 Å². The lowest BCUT2D eigenvalue weighted by Gasteiger charge is -2.35. The molecular weight excluding hydrogens is 614 g/mol. The molecule has 42 heavy (non-hydrogen) atoms. The molecule has 0 radical (unpaired) electrons. The van der Waals surface area contributed by atoms with Crippen LogP contribution in [-0.2, 0) is 39.0 Å². The standard InChI is InChI=1S/C33H40BrN3O4S/c1-3-27-16-10-11-20-30(27)37(42(2,40)41)24-32(38)36(23-26-15-12-17-28(34)21-26)31(22-25-13-6-4-7-14-25)33(39)35-29-18-8-5-9-19-29/h4,6-7,10-17,20-21,29,31H,3,5,8-9,18-19,22-24H2,1-2H3,(H,35,39)/t31-/m0/s1. The minimum atomic E-state index is -3.81. The third-order valence-electron chi connectivity index (χ3n) is 7.79. The van der Waals surface area contributed by atoms with E-state index in [1.54, 1.807) is 17.0 Å². The average Bonchev–Trinajstić information content (AvgIpc) is 2.98. The van der Waals surface area contributed by atoms with Crippen molar-refractivity contribution in [2.45, 2.75) is 70.5 Å². The monoisotopic (exact) mass is 653 g/mol. The van der Waals surface area contributed by atoms with E-state index in [-0.39, 0.29) is 18.5 Å². The van der Waals surface area contributed by atoms with Crippen LogP contribution in [-0.4, -0.2) is 50.0 Å². The molecule has 4 rings (SSSR count). The molecule has 1 N–H and O–H groups in total. The Bertz CT molecular complexity index is 1460. The summed E-state index contributed by atoms with van der Waals surface area (Å²) in [5.74, 6) is -0.653. The van der Waals surface area contributed by atoms with E-state index in [2.05, 4.69) is 21.2 Å². The van der Waals surface area contributed by atoms with Gasteiger partial charge in [-0.1, -0.05) is 103 Å². The molecule has 0 saturated heterocycles. The maximum Gasteiger partial charge on any atom is 0.244 e. The summed E-state index contributed by atoms with van der Waals surface area (Å²) in [4.78, 5) is 29.9. The van der Waals surface area contributed by atoms with Crippen LogP contribution in [0, 0.1) is 0 Å². The Balaban J connectivity index is 1.74. The van der Waals surface area contributed by atoms with Crippen molar-refractivity contribution in [3.8, 4) is 0 Å². The molecule has 0 aromatic heterocycles. The van der Waals surface area contributed by atoms with Crippen LogP contribution in [0.2, 0.25) is 0 Å². The first-order valence-corrected chi connectivity index (χ1v) is 17.2. The van der Waals surface area contributed by atoms with E-state index in [0.29, 0.717) is 18.5 Å². The molecule has 1 atom stereocenters. The van der Waals surface area contributed by atoms with Crippen molar-refractivity contribution in [1.29, 1.82) is 0 Å². The van der Waals surface area contributed by atoms with Crippen LogP contribution in [0.4, 0.5) is 5.69 Å². The van der Waals surface area contributed by atoms with Gasteiger partial charge in [-0.25, -0.2) is 8.42 Å². The van der Waals surface area contributed by atoms with Gasteiger partial charge in [-0.05, 0) is 54.2 Å². The molecule has 0 aliphatic heterocycles. The molecule has 224 valence electrons. The molecule has 3 aromatic carbocycles. The van der Waals surface area contributed by atoms with E-state index in [1.165, 1.54) is 4.31 Å². The van der Waals surface area contributed by atoms with Gasteiger partial charge in [0, 0.05) is 23.5 Å². The van der Waals surface area contributed by atoms with Gasteiger partial charge in [0.05, 0.1) is 11.9 Å². The molecule has 0 heterocycles. The van der Waals surface area contributed by atoms with E-state index in [1.807, 2.05) is 73.7 Å². The van der Waals surface area contributed by atoms with Crippen molar-refractivity contribution < 1.29 is 18.0 Å².